The average Bonchev–Trinajstić information content (AvgIpc) is 3.21. The summed E-state index contributed by atoms with van der Waals surface area (Å²) in [5.41, 5.74) is 1.85. The number of amides is 2. The first kappa shape index (κ1) is 19.7. The van der Waals surface area contributed by atoms with Crippen LogP contribution in [0.15, 0.2) is 79.1 Å². The van der Waals surface area contributed by atoms with Crippen molar-refractivity contribution in [3.63, 3.8) is 0 Å². The van der Waals surface area contributed by atoms with E-state index in [0.29, 0.717) is 16.3 Å². The Hall–Kier alpha value is -3.64. The Balaban J connectivity index is 1.30. The molecule has 4 aromatic rings. The molecular formula is C23H19ClN4O2. The standard InChI is InChI=1S/C23H19ClN4O2/c24-20-7-3-4-8-21(20)28-15-19(14-26-28)27-22(29)11-12-25-23(30)18-10-9-16-5-1-2-6-17(16)13-18/h1-10,13-15H,11-12H2,(H,25,30)(H,27,29). The fourth-order valence-electron chi connectivity index (χ4n) is 3.10. The molecule has 0 aliphatic heterocycles. The van der Waals surface area contributed by atoms with Crippen molar-refractivity contribution in [3.8, 4) is 5.69 Å². The number of rotatable bonds is 6. The van der Waals surface area contributed by atoms with Gasteiger partial charge in [-0.25, -0.2) is 4.68 Å². The third kappa shape index (κ3) is 4.50. The molecule has 3 aromatic carbocycles. The number of aromatic nitrogens is 2. The molecule has 2 N–H and O–H groups in total. The van der Waals surface area contributed by atoms with Crippen LogP contribution in [-0.2, 0) is 4.79 Å². The van der Waals surface area contributed by atoms with Crippen molar-refractivity contribution in [2.75, 3.05) is 11.9 Å². The molecule has 6 nitrogen and oxygen atoms in total. The minimum atomic E-state index is -0.215. The third-order valence-electron chi connectivity index (χ3n) is 4.61. The van der Waals surface area contributed by atoms with Crippen LogP contribution in [0.4, 0.5) is 5.69 Å². The molecule has 7 heteroatoms. The van der Waals surface area contributed by atoms with Gasteiger partial charge < -0.3 is 10.6 Å². The maximum absolute atomic E-state index is 12.4. The molecule has 2 amide bonds. The molecule has 150 valence electrons. The van der Waals surface area contributed by atoms with Crippen molar-refractivity contribution in [3.05, 3.63) is 89.7 Å². The summed E-state index contributed by atoms with van der Waals surface area (Å²) in [6, 6.07) is 20.7. The lowest BCUT2D eigenvalue weighted by atomic mass is 10.1. The van der Waals surface area contributed by atoms with E-state index in [2.05, 4.69) is 15.7 Å². The molecule has 0 saturated heterocycles. The van der Waals surface area contributed by atoms with Crippen LogP contribution in [0.5, 0.6) is 0 Å². The lowest BCUT2D eigenvalue weighted by Gasteiger charge is -2.07. The smallest absolute Gasteiger partial charge is 0.251 e. The SMILES string of the molecule is O=C(CCNC(=O)c1ccc2ccccc2c1)Nc1cnn(-c2ccccc2Cl)c1. The highest BCUT2D eigenvalue weighted by molar-refractivity contribution is 6.32. The Kier molecular flexibility index (Phi) is 5.77. The van der Waals surface area contributed by atoms with Crippen molar-refractivity contribution < 1.29 is 9.59 Å². The normalized spacial score (nSPS) is 10.7. The summed E-state index contributed by atoms with van der Waals surface area (Å²) in [7, 11) is 0. The molecule has 0 bridgehead atoms. The molecule has 0 spiro atoms. The zero-order valence-electron chi connectivity index (χ0n) is 16.0. The van der Waals surface area contributed by atoms with E-state index in [-0.39, 0.29) is 24.8 Å². The quantitative estimate of drug-likeness (QED) is 0.486. The third-order valence-corrected chi connectivity index (χ3v) is 4.93. The molecule has 4 rings (SSSR count). The predicted molar refractivity (Wildman–Crippen MR) is 118 cm³/mol. The van der Waals surface area contributed by atoms with Gasteiger partial charge in [0.05, 0.1) is 28.8 Å². The van der Waals surface area contributed by atoms with Gasteiger partial charge >= 0.3 is 0 Å². The maximum Gasteiger partial charge on any atom is 0.251 e. The number of carbonyl (C=O) groups is 2. The van der Waals surface area contributed by atoms with Crippen molar-refractivity contribution >= 4 is 39.9 Å². The summed E-state index contributed by atoms with van der Waals surface area (Å²) in [5, 5.41) is 12.4. The molecule has 0 aliphatic rings. The zero-order valence-corrected chi connectivity index (χ0v) is 16.8. The van der Waals surface area contributed by atoms with Gasteiger partial charge in [0.1, 0.15) is 0 Å². The number of para-hydroxylation sites is 1. The molecule has 0 fully saturated rings. The van der Waals surface area contributed by atoms with Gasteiger partial charge in [-0.2, -0.15) is 5.10 Å². The highest BCUT2D eigenvalue weighted by Gasteiger charge is 2.10. The van der Waals surface area contributed by atoms with Crippen LogP contribution in [0.1, 0.15) is 16.8 Å². The van der Waals surface area contributed by atoms with Crippen molar-refractivity contribution in [2.45, 2.75) is 6.42 Å². The topological polar surface area (TPSA) is 76.0 Å². The molecular weight excluding hydrogens is 400 g/mol. The van der Waals surface area contributed by atoms with Crippen molar-refractivity contribution in [1.82, 2.24) is 15.1 Å². The lowest BCUT2D eigenvalue weighted by Crippen LogP contribution is -2.27. The monoisotopic (exact) mass is 418 g/mol. The van der Waals surface area contributed by atoms with Crippen molar-refractivity contribution in [1.29, 1.82) is 0 Å². The first-order chi connectivity index (χ1) is 14.6. The summed E-state index contributed by atoms with van der Waals surface area (Å²) in [6.07, 6.45) is 3.39. The average molecular weight is 419 g/mol. The van der Waals surface area contributed by atoms with Gasteiger partial charge in [0.2, 0.25) is 5.91 Å². The molecule has 0 radical (unpaired) electrons. The van der Waals surface area contributed by atoms with Crippen LogP contribution in [0, 0.1) is 0 Å². The minimum absolute atomic E-state index is 0.149. The van der Waals surface area contributed by atoms with Crippen LogP contribution in [0.3, 0.4) is 0 Å². The second-order valence-electron chi connectivity index (χ2n) is 6.74. The zero-order chi connectivity index (χ0) is 20.9. The van der Waals surface area contributed by atoms with E-state index in [0.717, 1.165) is 16.5 Å². The van der Waals surface area contributed by atoms with Crippen LogP contribution in [-0.4, -0.2) is 28.1 Å². The van der Waals surface area contributed by atoms with E-state index in [4.69, 9.17) is 11.6 Å². The molecule has 1 heterocycles. The van der Waals surface area contributed by atoms with Crippen LogP contribution < -0.4 is 10.6 Å². The molecule has 1 aromatic heterocycles. The molecule has 0 aliphatic carbocycles. The van der Waals surface area contributed by atoms with E-state index in [9.17, 15) is 9.59 Å². The number of anilines is 1. The minimum Gasteiger partial charge on any atom is -0.352 e. The number of nitrogens with one attached hydrogen (secondary N) is 2. The van der Waals surface area contributed by atoms with Crippen LogP contribution in [0.25, 0.3) is 16.5 Å². The van der Waals surface area contributed by atoms with E-state index >= 15 is 0 Å². The Morgan fingerprint density at radius 1 is 0.967 bits per heavy atom. The van der Waals surface area contributed by atoms with E-state index in [1.54, 1.807) is 29.2 Å². The van der Waals surface area contributed by atoms with E-state index < -0.39 is 0 Å². The number of nitrogens with zero attached hydrogens (tertiary/aromatic N) is 2. The molecule has 0 saturated carbocycles. The summed E-state index contributed by atoms with van der Waals surface area (Å²) in [5.74, 6) is -0.424. The summed E-state index contributed by atoms with van der Waals surface area (Å²) >= 11 is 6.17. The number of fused-ring (bicyclic) bond motifs is 1. The van der Waals surface area contributed by atoms with Crippen LogP contribution in [0.2, 0.25) is 5.02 Å². The van der Waals surface area contributed by atoms with Gasteiger partial charge in [0, 0.05) is 18.5 Å². The Bertz CT molecular complexity index is 1220. The van der Waals surface area contributed by atoms with E-state index in [1.165, 1.54) is 0 Å². The largest absolute Gasteiger partial charge is 0.352 e. The number of carbonyl (C=O) groups excluding carboxylic acids is 2. The number of hydrogen-bond acceptors (Lipinski definition) is 3. The highest BCUT2D eigenvalue weighted by atomic mass is 35.5. The Morgan fingerprint density at radius 2 is 1.73 bits per heavy atom. The number of hydrogen-bond donors (Lipinski definition) is 2. The van der Waals surface area contributed by atoms with Gasteiger partial charge in [0.15, 0.2) is 0 Å². The van der Waals surface area contributed by atoms with Gasteiger partial charge in [-0.1, -0.05) is 54.1 Å². The van der Waals surface area contributed by atoms with E-state index in [1.807, 2.05) is 54.6 Å². The fraction of sp³-hybridized carbons (Fsp3) is 0.0870. The highest BCUT2D eigenvalue weighted by Crippen LogP contribution is 2.20. The maximum atomic E-state index is 12.4. The fourth-order valence-corrected chi connectivity index (χ4v) is 3.32. The first-order valence-electron chi connectivity index (χ1n) is 9.46. The lowest BCUT2D eigenvalue weighted by molar-refractivity contribution is -0.116. The molecule has 30 heavy (non-hydrogen) atoms. The number of benzene rings is 3. The first-order valence-corrected chi connectivity index (χ1v) is 9.84. The molecule has 0 atom stereocenters. The summed E-state index contributed by atoms with van der Waals surface area (Å²) in [6.45, 7) is 0.232. The second-order valence-corrected chi connectivity index (χ2v) is 7.15. The number of halogens is 1. The van der Waals surface area contributed by atoms with Crippen molar-refractivity contribution in [2.24, 2.45) is 0 Å². The second kappa shape index (κ2) is 8.80. The predicted octanol–water partition coefficient (Wildman–Crippen LogP) is 4.44. The summed E-state index contributed by atoms with van der Waals surface area (Å²) < 4.78 is 1.60. The van der Waals surface area contributed by atoms with Gasteiger partial charge in [-0.15, -0.1) is 0 Å². The van der Waals surface area contributed by atoms with Gasteiger partial charge in [0.25, 0.3) is 5.91 Å². The van der Waals surface area contributed by atoms with Gasteiger partial charge in [-0.3, -0.25) is 9.59 Å². The molecule has 0 unspecified atom stereocenters. The van der Waals surface area contributed by atoms with Gasteiger partial charge in [-0.05, 0) is 35.0 Å². The Labute approximate surface area is 178 Å². The summed E-state index contributed by atoms with van der Waals surface area (Å²) in [4.78, 5) is 24.5. The Morgan fingerprint density at radius 3 is 2.57 bits per heavy atom. The van der Waals surface area contributed by atoms with Crippen LogP contribution >= 0.6 is 11.6 Å².